The van der Waals surface area contributed by atoms with Crippen molar-refractivity contribution in [2.75, 3.05) is 36.4 Å². The SMILES string of the molecule is O=C(Nc1cccc(C(=O)N2CCN(c3ccccn3)CC2)c1)C1CC1. The minimum absolute atomic E-state index is 0.00758. The Morgan fingerprint density at radius 3 is 2.50 bits per heavy atom. The summed E-state index contributed by atoms with van der Waals surface area (Å²) in [6.45, 7) is 2.85. The maximum absolute atomic E-state index is 12.8. The van der Waals surface area contributed by atoms with Gasteiger partial charge < -0.3 is 15.1 Å². The van der Waals surface area contributed by atoms with Gasteiger partial charge in [-0.15, -0.1) is 0 Å². The molecule has 1 aliphatic heterocycles. The Labute approximate surface area is 152 Å². The number of hydrogen-bond acceptors (Lipinski definition) is 4. The van der Waals surface area contributed by atoms with E-state index in [4.69, 9.17) is 0 Å². The topological polar surface area (TPSA) is 65.5 Å². The maximum atomic E-state index is 12.8. The van der Waals surface area contributed by atoms with Gasteiger partial charge in [-0.1, -0.05) is 12.1 Å². The molecule has 2 aromatic rings. The Bertz CT molecular complexity index is 796. The van der Waals surface area contributed by atoms with Crippen LogP contribution >= 0.6 is 0 Å². The molecular weight excluding hydrogens is 328 g/mol. The molecule has 1 aliphatic carbocycles. The summed E-state index contributed by atoms with van der Waals surface area (Å²) in [5.41, 5.74) is 1.31. The molecule has 134 valence electrons. The minimum atomic E-state index is 0.00758. The first-order chi connectivity index (χ1) is 12.7. The van der Waals surface area contributed by atoms with Gasteiger partial charge in [0.25, 0.3) is 5.91 Å². The number of carbonyl (C=O) groups excluding carboxylic acids is 2. The first kappa shape index (κ1) is 16.6. The molecule has 0 spiro atoms. The summed E-state index contributed by atoms with van der Waals surface area (Å²) in [4.78, 5) is 33.1. The van der Waals surface area contributed by atoms with Gasteiger partial charge in [-0.3, -0.25) is 9.59 Å². The van der Waals surface area contributed by atoms with Crippen LogP contribution in [-0.4, -0.2) is 47.9 Å². The normalized spacial score (nSPS) is 17.1. The van der Waals surface area contributed by atoms with E-state index in [0.29, 0.717) is 24.3 Å². The molecular formula is C20H22N4O2. The van der Waals surface area contributed by atoms with Crippen molar-refractivity contribution in [3.05, 3.63) is 54.2 Å². The van der Waals surface area contributed by atoms with Crippen LogP contribution in [0.3, 0.4) is 0 Å². The smallest absolute Gasteiger partial charge is 0.254 e. The van der Waals surface area contributed by atoms with Crippen LogP contribution in [0.5, 0.6) is 0 Å². The van der Waals surface area contributed by atoms with Crippen molar-refractivity contribution in [2.45, 2.75) is 12.8 Å². The van der Waals surface area contributed by atoms with Crippen LogP contribution in [0.25, 0.3) is 0 Å². The molecule has 0 radical (unpaired) electrons. The molecule has 1 aromatic carbocycles. The van der Waals surface area contributed by atoms with E-state index in [2.05, 4.69) is 15.2 Å². The molecule has 26 heavy (non-hydrogen) atoms. The molecule has 6 heteroatoms. The van der Waals surface area contributed by atoms with Crippen LogP contribution in [0.15, 0.2) is 48.7 Å². The summed E-state index contributed by atoms with van der Waals surface area (Å²) in [5, 5.41) is 2.90. The van der Waals surface area contributed by atoms with Crippen molar-refractivity contribution in [2.24, 2.45) is 5.92 Å². The first-order valence-electron chi connectivity index (χ1n) is 9.07. The number of anilines is 2. The third kappa shape index (κ3) is 3.69. The molecule has 0 atom stereocenters. The number of aromatic nitrogens is 1. The molecule has 1 N–H and O–H groups in total. The number of hydrogen-bond donors (Lipinski definition) is 1. The van der Waals surface area contributed by atoms with E-state index in [0.717, 1.165) is 31.7 Å². The second kappa shape index (κ2) is 7.15. The number of amides is 2. The van der Waals surface area contributed by atoms with Gasteiger partial charge >= 0.3 is 0 Å². The Kier molecular flexibility index (Phi) is 4.56. The largest absolute Gasteiger partial charge is 0.353 e. The van der Waals surface area contributed by atoms with Gasteiger partial charge in [0, 0.05) is 49.5 Å². The summed E-state index contributed by atoms with van der Waals surface area (Å²) in [6, 6.07) is 13.1. The first-order valence-corrected chi connectivity index (χ1v) is 9.07. The molecule has 1 saturated carbocycles. The Morgan fingerprint density at radius 1 is 1.00 bits per heavy atom. The Hall–Kier alpha value is -2.89. The summed E-state index contributed by atoms with van der Waals surface area (Å²) < 4.78 is 0. The lowest BCUT2D eigenvalue weighted by atomic mass is 10.1. The van der Waals surface area contributed by atoms with E-state index < -0.39 is 0 Å². The lowest BCUT2D eigenvalue weighted by molar-refractivity contribution is -0.117. The summed E-state index contributed by atoms with van der Waals surface area (Å²) in [5.74, 6) is 1.16. The summed E-state index contributed by atoms with van der Waals surface area (Å²) in [7, 11) is 0. The number of nitrogens with zero attached hydrogens (tertiary/aromatic N) is 3. The van der Waals surface area contributed by atoms with Gasteiger partial charge in [0.05, 0.1) is 0 Å². The van der Waals surface area contributed by atoms with Crippen molar-refractivity contribution in [3.63, 3.8) is 0 Å². The zero-order valence-electron chi connectivity index (χ0n) is 14.6. The molecule has 2 fully saturated rings. The molecule has 0 unspecified atom stereocenters. The van der Waals surface area contributed by atoms with E-state index in [1.165, 1.54) is 0 Å². The lowest BCUT2D eigenvalue weighted by Gasteiger charge is -2.35. The second-order valence-electron chi connectivity index (χ2n) is 6.81. The average molecular weight is 350 g/mol. The third-order valence-corrected chi connectivity index (χ3v) is 4.87. The predicted octanol–water partition coefficient (Wildman–Crippen LogP) is 2.39. The lowest BCUT2D eigenvalue weighted by Crippen LogP contribution is -2.49. The van der Waals surface area contributed by atoms with Crippen molar-refractivity contribution in [3.8, 4) is 0 Å². The fraction of sp³-hybridized carbons (Fsp3) is 0.350. The number of rotatable bonds is 4. The summed E-state index contributed by atoms with van der Waals surface area (Å²) >= 11 is 0. The van der Waals surface area contributed by atoms with E-state index in [1.54, 1.807) is 18.3 Å². The van der Waals surface area contributed by atoms with E-state index in [9.17, 15) is 9.59 Å². The highest BCUT2D eigenvalue weighted by atomic mass is 16.2. The predicted molar refractivity (Wildman–Crippen MR) is 100 cm³/mol. The molecule has 1 aromatic heterocycles. The van der Waals surface area contributed by atoms with Crippen molar-refractivity contribution in [1.82, 2.24) is 9.88 Å². The van der Waals surface area contributed by atoms with E-state index in [-0.39, 0.29) is 17.7 Å². The fourth-order valence-corrected chi connectivity index (χ4v) is 3.18. The highest BCUT2D eigenvalue weighted by Crippen LogP contribution is 2.30. The zero-order valence-corrected chi connectivity index (χ0v) is 14.6. The van der Waals surface area contributed by atoms with Crippen LogP contribution in [0.2, 0.25) is 0 Å². The van der Waals surface area contributed by atoms with Crippen LogP contribution in [0.1, 0.15) is 23.2 Å². The highest BCUT2D eigenvalue weighted by Gasteiger charge is 2.29. The van der Waals surface area contributed by atoms with Crippen LogP contribution in [0.4, 0.5) is 11.5 Å². The maximum Gasteiger partial charge on any atom is 0.254 e. The second-order valence-corrected chi connectivity index (χ2v) is 6.81. The quantitative estimate of drug-likeness (QED) is 0.920. The summed E-state index contributed by atoms with van der Waals surface area (Å²) in [6.07, 6.45) is 3.71. The van der Waals surface area contributed by atoms with Gasteiger partial charge in [-0.25, -0.2) is 4.98 Å². The van der Waals surface area contributed by atoms with Gasteiger partial charge in [-0.05, 0) is 43.2 Å². The Morgan fingerprint density at radius 2 is 1.81 bits per heavy atom. The number of carbonyl (C=O) groups is 2. The van der Waals surface area contributed by atoms with Crippen LogP contribution in [-0.2, 0) is 4.79 Å². The Balaban J connectivity index is 1.38. The van der Waals surface area contributed by atoms with Gasteiger partial charge in [0.1, 0.15) is 5.82 Å². The third-order valence-electron chi connectivity index (χ3n) is 4.87. The number of nitrogens with one attached hydrogen (secondary N) is 1. The minimum Gasteiger partial charge on any atom is -0.353 e. The average Bonchev–Trinajstić information content (AvgIpc) is 3.54. The molecule has 2 heterocycles. The van der Waals surface area contributed by atoms with Crippen molar-refractivity contribution in [1.29, 1.82) is 0 Å². The number of piperazine rings is 1. The highest BCUT2D eigenvalue weighted by molar-refractivity contribution is 5.98. The molecule has 2 amide bonds. The van der Waals surface area contributed by atoms with Crippen LogP contribution < -0.4 is 10.2 Å². The fourth-order valence-electron chi connectivity index (χ4n) is 3.18. The van der Waals surface area contributed by atoms with Gasteiger partial charge in [-0.2, -0.15) is 0 Å². The molecule has 4 rings (SSSR count). The van der Waals surface area contributed by atoms with Gasteiger partial charge in [0.2, 0.25) is 5.91 Å². The molecule has 2 aliphatic rings. The molecule has 1 saturated heterocycles. The monoisotopic (exact) mass is 350 g/mol. The van der Waals surface area contributed by atoms with E-state index in [1.807, 2.05) is 35.2 Å². The number of pyridine rings is 1. The van der Waals surface area contributed by atoms with Crippen LogP contribution in [0, 0.1) is 5.92 Å². The van der Waals surface area contributed by atoms with Crippen molar-refractivity contribution < 1.29 is 9.59 Å². The standard InChI is InChI=1S/C20H22N4O2/c25-19(15-7-8-15)22-17-5-3-4-16(14-17)20(26)24-12-10-23(11-13-24)18-6-1-2-9-21-18/h1-6,9,14-15H,7-8,10-13H2,(H,22,25). The van der Waals surface area contributed by atoms with E-state index >= 15 is 0 Å². The van der Waals surface area contributed by atoms with Gasteiger partial charge in [0.15, 0.2) is 0 Å². The number of benzene rings is 1. The molecule has 0 bridgehead atoms. The zero-order chi connectivity index (χ0) is 17.9. The van der Waals surface area contributed by atoms with Crippen molar-refractivity contribution >= 4 is 23.3 Å². The molecule has 6 nitrogen and oxygen atoms in total.